The molecule has 1 aromatic carbocycles. The van der Waals surface area contributed by atoms with Crippen molar-refractivity contribution in [3.8, 4) is 0 Å². The standard InChI is InChI=1S/C15H19N5OS/c1-10(20-8-7-12-5-3-4-6-13(12)20)9-16-14(21)17-15-19-18-11(2)22-15/h3-6,10H,7-9H2,1-2H3,(H2,16,17,19,21). The van der Waals surface area contributed by atoms with Gasteiger partial charge in [-0.1, -0.05) is 29.5 Å². The van der Waals surface area contributed by atoms with Crippen molar-refractivity contribution in [2.75, 3.05) is 23.3 Å². The minimum Gasteiger partial charge on any atom is -0.366 e. The Morgan fingerprint density at radius 3 is 3.00 bits per heavy atom. The molecule has 7 heteroatoms. The Hall–Kier alpha value is -2.15. The molecular weight excluding hydrogens is 298 g/mol. The highest BCUT2D eigenvalue weighted by atomic mass is 32.1. The molecule has 6 nitrogen and oxygen atoms in total. The number of benzene rings is 1. The normalized spacial score (nSPS) is 14.5. The molecule has 2 heterocycles. The first-order valence-corrected chi connectivity index (χ1v) is 8.14. The quantitative estimate of drug-likeness (QED) is 0.908. The number of urea groups is 1. The van der Waals surface area contributed by atoms with Crippen molar-refractivity contribution < 1.29 is 4.79 Å². The van der Waals surface area contributed by atoms with Crippen LogP contribution >= 0.6 is 11.3 Å². The van der Waals surface area contributed by atoms with E-state index in [2.05, 4.69) is 56.9 Å². The number of para-hydroxylation sites is 1. The first kappa shape index (κ1) is 14.8. The molecule has 0 saturated heterocycles. The van der Waals surface area contributed by atoms with Crippen LogP contribution < -0.4 is 15.5 Å². The summed E-state index contributed by atoms with van der Waals surface area (Å²) in [5.74, 6) is 0. The van der Waals surface area contributed by atoms with Gasteiger partial charge in [0.05, 0.1) is 0 Å². The third-order valence-electron chi connectivity index (χ3n) is 3.76. The van der Waals surface area contributed by atoms with E-state index < -0.39 is 0 Å². The van der Waals surface area contributed by atoms with Gasteiger partial charge in [-0.15, -0.1) is 10.2 Å². The van der Waals surface area contributed by atoms with E-state index in [1.807, 2.05) is 6.92 Å². The average Bonchev–Trinajstić information content (AvgIpc) is 3.11. The summed E-state index contributed by atoms with van der Waals surface area (Å²) in [7, 11) is 0. The number of amides is 2. The zero-order valence-electron chi connectivity index (χ0n) is 12.7. The van der Waals surface area contributed by atoms with E-state index in [-0.39, 0.29) is 12.1 Å². The Kier molecular flexibility index (Phi) is 4.24. The summed E-state index contributed by atoms with van der Waals surface area (Å²) >= 11 is 1.36. The van der Waals surface area contributed by atoms with Crippen molar-refractivity contribution in [1.29, 1.82) is 0 Å². The van der Waals surface area contributed by atoms with Gasteiger partial charge in [0.2, 0.25) is 5.13 Å². The van der Waals surface area contributed by atoms with Gasteiger partial charge in [-0.3, -0.25) is 5.32 Å². The summed E-state index contributed by atoms with van der Waals surface area (Å²) < 4.78 is 0. The Morgan fingerprint density at radius 1 is 1.41 bits per heavy atom. The predicted octanol–water partition coefficient (Wildman–Crippen LogP) is 2.42. The smallest absolute Gasteiger partial charge is 0.321 e. The molecule has 0 aliphatic carbocycles. The molecule has 0 spiro atoms. The monoisotopic (exact) mass is 317 g/mol. The maximum atomic E-state index is 11.9. The first-order valence-electron chi connectivity index (χ1n) is 7.33. The van der Waals surface area contributed by atoms with Crippen LogP contribution in [0.4, 0.5) is 15.6 Å². The van der Waals surface area contributed by atoms with Gasteiger partial charge < -0.3 is 10.2 Å². The van der Waals surface area contributed by atoms with Crippen LogP contribution in [0.3, 0.4) is 0 Å². The molecular formula is C15H19N5OS. The number of carbonyl (C=O) groups excluding carboxylic acids is 1. The van der Waals surface area contributed by atoms with Gasteiger partial charge in [0.1, 0.15) is 5.01 Å². The number of rotatable bonds is 4. The molecule has 1 atom stereocenters. The molecule has 2 amide bonds. The van der Waals surface area contributed by atoms with E-state index in [9.17, 15) is 4.79 Å². The zero-order chi connectivity index (χ0) is 15.5. The lowest BCUT2D eigenvalue weighted by Gasteiger charge is -2.27. The molecule has 1 aromatic heterocycles. The highest BCUT2D eigenvalue weighted by Gasteiger charge is 2.23. The number of aryl methyl sites for hydroxylation is 1. The van der Waals surface area contributed by atoms with E-state index in [4.69, 9.17) is 0 Å². The molecule has 0 saturated carbocycles. The summed E-state index contributed by atoms with van der Waals surface area (Å²) in [6.07, 6.45) is 1.07. The summed E-state index contributed by atoms with van der Waals surface area (Å²) in [5.41, 5.74) is 2.65. The number of hydrogen-bond acceptors (Lipinski definition) is 5. The summed E-state index contributed by atoms with van der Waals surface area (Å²) in [6.45, 7) is 5.56. The van der Waals surface area contributed by atoms with E-state index in [0.29, 0.717) is 11.7 Å². The fourth-order valence-corrected chi connectivity index (χ4v) is 3.25. The molecule has 0 fully saturated rings. The van der Waals surface area contributed by atoms with Gasteiger partial charge in [-0.25, -0.2) is 4.79 Å². The number of fused-ring (bicyclic) bond motifs is 1. The largest absolute Gasteiger partial charge is 0.366 e. The molecule has 1 unspecified atom stereocenters. The van der Waals surface area contributed by atoms with Gasteiger partial charge >= 0.3 is 6.03 Å². The lowest BCUT2D eigenvalue weighted by atomic mass is 10.2. The summed E-state index contributed by atoms with van der Waals surface area (Å²) in [6, 6.07) is 8.44. The molecule has 0 bridgehead atoms. The number of anilines is 2. The second-order valence-corrected chi connectivity index (χ2v) is 6.56. The van der Waals surface area contributed by atoms with Crippen LogP contribution in [-0.4, -0.2) is 35.4 Å². The first-order chi connectivity index (χ1) is 10.6. The van der Waals surface area contributed by atoms with Crippen molar-refractivity contribution >= 4 is 28.2 Å². The molecule has 22 heavy (non-hydrogen) atoms. The fourth-order valence-electron chi connectivity index (χ4n) is 2.66. The van der Waals surface area contributed by atoms with Gasteiger partial charge in [-0.05, 0) is 31.9 Å². The minimum atomic E-state index is -0.240. The van der Waals surface area contributed by atoms with Gasteiger partial charge in [0.25, 0.3) is 0 Å². The topological polar surface area (TPSA) is 70.1 Å². The molecule has 1 aliphatic heterocycles. The van der Waals surface area contributed by atoms with Crippen LogP contribution in [0.2, 0.25) is 0 Å². The number of aromatic nitrogens is 2. The lowest BCUT2D eigenvalue weighted by molar-refractivity contribution is 0.251. The molecule has 3 rings (SSSR count). The summed E-state index contributed by atoms with van der Waals surface area (Å²) in [5, 5.41) is 14.7. The second kappa shape index (κ2) is 6.31. The van der Waals surface area contributed by atoms with Crippen LogP contribution in [0, 0.1) is 6.92 Å². The summed E-state index contributed by atoms with van der Waals surface area (Å²) in [4.78, 5) is 14.2. The lowest BCUT2D eigenvalue weighted by Crippen LogP contribution is -2.42. The molecule has 0 radical (unpaired) electrons. The van der Waals surface area contributed by atoms with Crippen LogP contribution in [0.15, 0.2) is 24.3 Å². The van der Waals surface area contributed by atoms with E-state index in [1.54, 1.807) is 0 Å². The maximum absolute atomic E-state index is 11.9. The Labute approximate surface area is 133 Å². The molecule has 2 N–H and O–H groups in total. The fraction of sp³-hybridized carbons (Fsp3) is 0.400. The van der Waals surface area contributed by atoms with E-state index >= 15 is 0 Å². The van der Waals surface area contributed by atoms with Gasteiger partial charge in [-0.2, -0.15) is 0 Å². The molecule has 116 valence electrons. The van der Waals surface area contributed by atoms with Crippen LogP contribution in [0.5, 0.6) is 0 Å². The van der Waals surface area contributed by atoms with Gasteiger partial charge in [0.15, 0.2) is 0 Å². The highest BCUT2D eigenvalue weighted by molar-refractivity contribution is 7.15. The zero-order valence-corrected chi connectivity index (χ0v) is 13.5. The van der Waals surface area contributed by atoms with Crippen LogP contribution in [-0.2, 0) is 6.42 Å². The minimum absolute atomic E-state index is 0.240. The van der Waals surface area contributed by atoms with Crippen molar-refractivity contribution in [2.45, 2.75) is 26.3 Å². The third kappa shape index (κ3) is 3.19. The highest BCUT2D eigenvalue weighted by Crippen LogP contribution is 2.28. The predicted molar refractivity (Wildman–Crippen MR) is 88.6 cm³/mol. The van der Waals surface area contributed by atoms with E-state index in [0.717, 1.165) is 18.0 Å². The van der Waals surface area contributed by atoms with Crippen LogP contribution in [0.25, 0.3) is 0 Å². The third-order valence-corrected chi connectivity index (χ3v) is 4.51. The number of nitrogens with one attached hydrogen (secondary N) is 2. The Bertz CT molecular complexity index is 671. The average molecular weight is 317 g/mol. The van der Waals surface area contributed by atoms with Crippen molar-refractivity contribution in [1.82, 2.24) is 15.5 Å². The van der Waals surface area contributed by atoms with E-state index in [1.165, 1.54) is 22.6 Å². The number of nitrogens with zero attached hydrogens (tertiary/aromatic N) is 3. The molecule has 1 aliphatic rings. The molecule has 2 aromatic rings. The number of hydrogen-bond donors (Lipinski definition) is 2. The Morgan fingerprint density at radius 2 is 2.23 bits per heavy atom. The SMILES string of the molecule is Cc1nnc(NC(=O)NCC(C)N2CCc3ccccc32)s1. The Balaban J connectivity index is 1.52. The van der Waals surface area contributed by atoms with Crippen molar-refractivity contribution in [3.05, 3.63) is 34.8 Å². The van der Waals surface area contributed by atoms with Gasteiger partial charge in [0, 0.05) is 24.8 Å². The van der Waals surface area contributed by atoms with Crippen molar-refractivity contribution in [3.63, 3.8) is 0 Å². The number of carbonyl (C=O) groups is 1. The second-order valence-electron chi connectivity index (χ2n) is 5.38. The van der Waals surface area contributed by atoms with Crippen molar-refractivity contribution in [2.24, 2.45) is 0 Å². The maximum Gasteiger partial charge on any atom is 0.321 e. The van der Waals surface area contributed by atoms with Crippen LogP contribution in [0.1, 0.15) is 17.5 Å².